The first kappa shape index (κ1) is 21.3. The number of ether oxygens (including phenoxy) is 1. The summed E-state index contributed by atoms with van der Waals surface area (Å²) in [4.78, 5) is 0. The fraction of sp³-hybridized carbons (Fsp3) is 0.333. The van der Waals surface area contributed by atoms with Crippen LogP contribution in [0.5, 0.6) is 5.75 Å². The van der Waals surface area contributed by atoms with Gasteiger partial charge in [-0.05, 0) is 23.8 Å². The zero-order chi connectivity index (χ0) is 20.8. The Balaban J connectivity index is 1.91. The summed E-state index contributed by atoms with van der Waals surface area (Å²) in [6, 6.07) is 13.5. The van der Waals surface area contributed by atoms with E-state index in [1.54, 1.807) is 0 Å². The van der Waals surface area contributed by atoms with Crippen molar-refractivity contribution in [2.45, 2.75) is 32.4 Å². The van der Waals surface area contributed by atoms with Gasteiger partial charge in [0, 0.05) is 29.4 Å². The quantitative estimate of drug-likeness (QED) is 0.314. The molecule has 0 spiro atoms. The number of aromatic nitrogens is 2. The summed E-state index contributed by atoms with van der Waals surface area (Å²) in [6.07, 6.45) is -0.0714. The molecular formula is C21H26ClN5O2. The van der Waals surface area contributed by atoms with Crippen LogP contribution in [-0.4, -0.2) is 40.6 Å². The van der Waals surface area contributed by atoms with E-state index in [1.807, 2.05) is 56.3 Å². The number of fused-ring (bicyclic) bond motifs is 1. The number of benzene rings is 2. The Morgan fingerprint density at radius 3 is 2.59 bits per heavy atom. The first-order chi connectivity index (χ1) is 14.0. The van der Waals surface area contributed by atoms with Gasteiger partial charge in [0.05, 0.1) is 11.1 Å². The molecule has 0 bridgehead atoms. The van der Waals surface area contributed by atoms with Crippen LogP contribution in [0.1, 0.15) is 25.1 Å². The number of aliphatic hydroxyl groups is 1. The maximum Gasteiger partial charge on any atom is 0.170 e. The molecule has 1 unspecified atom stereocenters. The number of aliphatic hydroxyl groups excluding tert-OH is 1. The summed E-state index contributed by atoms with van der Waals surface area (Å²) in [5.74, 6) is 6.71. The smallest absolute Gasteiger partial charge is 0.170 e. The number of hydrazine groups is 1. The molecule has 1 heterocycles. The minimum atomic E-state index is -0.630. The highest BCUT2D eigenvalue weighted by molar-refractivity contribution is 6.30. The van der Waals surface area contributed by atoms with Gasteiger partial charge in [-0.2, -0.15) is 5.10 Å². The van der Waals surface area contributed by atoms with Gasteiger partial charge in [-0.1, -0.05) is 49.7 Å². The molecule has 154 valence electrons. The fourth-order valence-corrected chi connectivity index (χ4v) is 3.13. The molecule has 0 radical (unpaired) electrons. The van der Waals surface area contributed by atoms with Crippen LogP contribution in [0.2, 0.25) is 5.02 Å². The lowest BCUT2D eigenvalue weighted by Crippen LogP contribution is -2.35. The predicted octanol–water partition coefficient (Wildman–Crippen LogP) is 2.90. The number of nitrogens with zero attached hydrogens (tertiary/aromatic N) is 2. The standard InChI is InChI=1S/C21H26ClN5O2/c1-13(2)24-11-16(28)12-29-19-5-3-4-17-20(19)18(26-27-21(17)25-23)10-14-6-8-15(22)9-7-14/h3-9,13,16,24,28H,10-12,23H2,1-2H3,(H,25,27). The van der Waals surface area contributed by atoms with Gasteiger partial charge in [-0.25, -0.2) is 5.84 Å². The molecule has 0 aliphatic heterocycles. The van der Waals surface area contributed by atoms with E-state index in [-0.39, 0.29) is 6.61 Å². The van der Waals surface area contributed by atoms with E-state index in [1.165, 1.54) is 0 Å². The van der Waals surface area contributed by atoms with Crippen LogP contribution in [-0.2, 0) is 6.42 Å². The van der Waals surface area contributed by atoms with E-state index in [9.17, 15) is 5.11 Å². The topological polar surface area (TPSA) is 105 Å². The van der Waals surface area contributed by atoms with E-state index in [0.717, 1.165) is 22.0 Å². The molecule has 0 aliphatic rings. The molecule has 1 atom stereocenters. The Kier molecular flexibility index (Phi) is 7.22. The second kappa shape index (κ2) is 9.84. The second-order valence-corrected chi connectivity index (χ2v) is 7.59. The monoisotopic (exact) mass is 415 g/mol. The zero-order valence-electron chi connectivity index (χ0n) is 16.5. The van der Waals surface area contributed by atoms with Crippen molar-refractivity contribution in [3.8, 4) is 5.75 Å². The summed E-state index contributed by atoms with van der Waals surface area (Å²) in [5.41, 5.74) is 4.39. The molecule has 0 amide bonds. The molecule has 0 fully saturated rings. The van der Waals surface area contributed by atoms with Crippen LogP contribution in [0.15, 0.2) is 42.5 Å². The summed E-state index contributed by atoms with van der Waals surface area (Å²) in [6.45, 7) is 4.67. The third-order valence-corrected chi connectivity index (χ3v) is 4.71. The molecule has 1 aromatic heterocycles. The normalized spacial score (nSPS) is 12.3. The van der Waals surface area contributed by atoms with Crippen LogP contribution in [0, 0.1) is 0 Å². The molecule has 0 saturated carbocycles. The van der Waals surface area contributed by atoms with Crippen molar-refractivity contribution in [2.24, 2.45) is 5.84 Å². The van der Waals surface area contributed by atoms with Gasteiger partial charge in [-0.15, -0.1) is 5.10 Å². The van der Waals surface area contributed by atoms with Crippen molar-refractivity contribution in [1.29, 1.82) is 0 Å². The minimum Gasteiger partial charge on any atom is -0.490 e. The van der Waals surface area contributed by atoms with E-state index >= 15 is 0 Å². The molecular weight excluding hydrogens is 390 g/mol. The minimum absolute atomic E-state index is 0.160. The first-order valence-electron chi connectivity index (χ1n) is 9.51. The summed E-state index contributed by atoms with van der Waals surface area (Å²) in [7, 11) is 0. The highest BCUT2D eigenvalue weighted by atomic mass is 35.5. The number of nitrogens with two attached hydrogens (primary N) is 1. The van der Waals surface area contributed by atoms with Crippen molar-refractivity contribution >= 4 is 28.2 Å². The molecule has 0 aliphatic carbocycles. The maximum absolute atomic E-state index is 10.2. The second-order valence-electron chi connectivity index (χ2n) is 7.15. The molecule has 29 heavy (non-hydrogen) atoms. The third kappa shape index (κ3) is 5.55. The van der Waals surface area contributed by atoms with Gasteiger partial charge in [0.2, 0.25) is 0 Å². The zero-order valence-corrected chi connectivity index (χ0v) is 17.3. The number of halogens is 1. The summed E-state index contributed by atoms with van der Waals surface area (Å²) in [5, 5.41) is 24.3. The molecule has 5 N–H and O–H groups in total. The molecule has 3 aromatic rings. The van der Waals surface area contributed by atoms with Crippen molar-refractivity contribution < 1.29 is 9.84 Å². The molecule has 7 nitrogen and oxygen atoms in total. The Hall–Kier alpha value is -2.45. The van der Waals surface area contributed by atoms with Crippen LogP contribution in [0.3, 0.4) is 0 Å². The van der Waals surface area contributed by atoms with Gasteiger partial charge in [0.15, 0.2) is 5.82 Å². The van der Waals surface area contributed by atoms with Crippen molar-refractivity contribution in [2.75, 3.05) is 18.6 Å². The number of anilines is 1. The average molecular weight is 416 g/mol. The number of hydrogen-bond acceptors (Lipinski definition) is 7. The van der Waals surface area contributed by atoms with Crippen LogP contribution in [0.25, 0.3) is 10.8 Å². The van der Waals surface area contributed by atoms with Crippen LogP contribution < -0.4 is 21.3 Å². The van der Waals surface area contributed by atoms with Crippen molar-refractivity contribution in [3.05, 3.63) is 58.7 Å². The van der Waals surface area contributed by atoms with Gasteiger partial charge in [0.1, 0.15) is 18.5 Å². The SMILES string of the molecule is CC(C)NCC(O)COc1cccc2c(NN)nnc(Cc3ccc(Cl)cc3)c12. The van der Waals surface area contributed by atoms with Gasteiger partial charge >= 0.3 is 0 Å². The van der Waals surface area contributed by atoms with E-state index < -0.39 is 6.10 Å². The largest absolute Gasteiger partial charge is 0.490 e. The van der Waals surface area contributed by atoms with E-state index in [0.29, 0.717) is 35.6 Å². The lowest BCUT2D eigenvalue weighted by molar-refractivity contribution is 0.105. The summed E-state index contributed by atoms with van der Waals surface area (Å²) >= 11 is 5.99. The highest BCUT2D eigenvalue weighted by Crippen LogP contribution is 2.32. The van der Waals surface area contributed by atoms with E-state index in [2.05, 4.69) is 20.9 Å². The molecule has 8 heteroatoms. The Morgan fingerprint density at radius 1 is 1.14 bits per heavy atom. The maximum atomic E-state index is 10.2. The number of hydrogen-bond donors (Lipinski definition) is 4. The molecule has 0 saturated heterocycles. The Bertz CT molecular complexity index is 950. The van der Waals surface area contributed by atoms with Crippen LogP contribution in [0.4, 0.5) is 5.82 Å². The first-order valence-corrected chi connectivity index (χ1v) is 9.89. The average Bonchev–Trinajstić information content (AvgIpc) is 2.72. The van der Waals surface area contributed by atoms with Crippen LogP contribution >= 0.6 is 11.6 Å². The fourth-order valence-electron chi connectivity index (χ4n) is 3.00. The summed E-state index contributed by atoms with van der Waals surface area (Å²) < 4.78 is 5.96. The van der Waals surface area contributed by atoms with Gasteiger partial charge < -0.3 is 20.6 Å². The van der Waals surface area contributed by atoms with Gasteiger partial charge in [-0.3, -0.25) is 0 Å². The highest BCUT2D eigenvalue weighted by Gasteiger charge is 2.15. The lowest BCUT2D eigenvalue weighted by atomic mass is 10.0. The third-order valence-electron chi connectivity index (χ3n) is 4.46. The molecule has 3 rings (SSSR count). The van der Waals surface area contributed by atoms with Crippen molar-refractivity contribution in [3.63, 3.8) is 0 Å². The van der Waals surface area contributed by atoms with Gasteiger partial charge in [0.25, 0.3) is 0 Å². The Labute approximate surface area is 175 Å². The van der Waals surface area contributed by atoms with E-state index in [4.69, 9.17) is 22.2 Å². The predicted molar refractivity (Wildman–Crippen MR) is 116 cm³/mol. The molecule has 2 aromatic carbocycles. The van der Waals surface area contributed by atoms with Crippen molar-refractivity contribution in [1.82, 2.24) is 15.5 Å². The lowest BCUT2D eigenvalue weighted by Gasteiger charge is -2.17. The number of nitrogens with one attached hydrogen (secondary N) is 2. The number of nitrogen functional groups attached to an aromatic ring is 1. The number of rotatable bonds is 9. The Morgan fingerprint density at radius 2 is 1.90 bits per heavy atom.